The van der Waals surface area contributed by atoms with Crippen LogP contribution in [0, 0.1) is 0 Å². The maximum atomic E-state index is 12.8. The molecule has 2 fully saturated rings. The van der Waals surface area contributed by atoms with Gasteiger partial charge in [0, 0.05) is 25.2 Å². The van der Waals surface area contributed by atoms with Crippen LogP contribution in [0.25, 0.3) is 5.65 Å². The van der Waals surface area contributed by atoms with Crippen molar-refractivity contribution in [3.05, 3.63) is 24.0 Å². The number of nitrogens with zero attached hydrogens (tertiary/aromatic N) is 5. The zero-order chi connectivity index (χ0) is 17.9. The molecule has 140 valence electrons. The molecule has 0 aromatic carbocycles. The molecule has 2 aliphatic heterocycles. The maximum absolute atomic E-state index is 12.8. The van der Waals surface area contributed by atoms with Crippen LogP contribution in [-0.2, 0) is 0 Å². The van der Waals surface area contributed by atoms with Crippen LogP contribution in [0.1, 0.15) is 49.5 Å². The van der Waals surface area contributed by atoms with Gasteiger partial charge in [0.1, 0.15) is 5.69 Å². The van der Waals surface area contributed by atoms with Crippen molar-refractivity contribution in [2.75, 3.05) is 32.8 Å². The highest BCUT2D eigenvalue weighted by molar-refractivity contribution is 5.93. The molecule has 0 spiro atoms. The Balaban J connectivity index is 1.40. The van der Waals surface area contributed by atoms with Gasteiger partial charge in [0.15, 0.2) is 5.65 Å². The molecule has 0 atom stereocenters. The van der Waals surface area contributed by atoms with Gasteiger partial charge in [0.25, 0.3) is 5.91 Å². The van der Waals surface area contributed by atoms with Gasteiger partial charge in [-0.05, 0) is 51.8 Å². The second-order valence-corrected chi connectivity index (χ2v) is 7.15. The molecule has 2 aromatic heterocycles. The first-order chi connectivity index (χ1) is 12.7. The predicted octanol–water partition coefficient (Wildman–Crippen LogP) is 2.22. The van der Waals surface area contributed by atoms with Gasteiger partial charge in [-0.2, -0.15) is 0 Å². The number of fused-ring (bicyclic) bond motifs is 1. The monoisotopic (exact) mass is 357 g/mol. The minimum absolute atomic E-state index is 0.00514. The standard InChI is InChI=1S/C19H27N5O2/c1-2-26-18-7-6-17-20-16(14-24(17)21-18)19(25)23-12-8-15(9-13-23)22-10-4-3-5-11-22/h6-7,14-15H,2-5,8-13H2,1H3. The molecule has 0 N–H and O–H groups in total. The molecular formula is C19H27N5O2. The Hall–Kier alpha value is -2.15. The van der Waals surface area contributed by atoms with Gasteiger partial charge in [-0.15, -0.1) is 5.10 Å². The fraction of sp³-hybridized carbons (Fsp3) is 0.632. The summed E-state index contributed by atoms with van der Waals surface area (Å²) < 4.78 is 7.03. The Morgan fingerprint density at radius 1 is 1.15 bits per heavy atom. The highest BCUT2D eigenvalue weighted by Gasteiger charge is 2.29. The first-order valence-corrected chi connectivity index (χ1v) is 9.77. The maximum Gasteiger partial charge on any atom is 0.274 e. The Bertz CT molecular complexity index is 760. The van der Waals surface area contributed by atoms with E-state index in [1.54, 1.807) is 16.8 Å². The highest BCUT2D eigenvalue weighted by Crippen LogP contribution is 2.22. The second kappa shape index (κ2) is 7.61. The van der Waals surface area contributed by atoms with Crippen molar-refractivity contribution in [3.8, 4) is 5.88 Å². The largest absolute Gasteiger partial charge is 0.477 e. The summed E-state index contributed by atoms with van der Waals surface area (Å²) in [6.07, 6.45) is 7.82. The Kier molecular flexibility index (Phi) is 5.06. The molecule has 26 heavy (non-hydrogen) atoms. The zero-order valence-corrected chi connectivity index (χ0v) is 15.4. The van der Waals surface area contributed by atoms with Crippen molar-refractivity contribution in [1.29, 1.82) is 0 Å². The molecule has 7 nitrogen and oxygen atoms in total. The molecule has 0 unspecified atom stereocenters. The number of rotatable bonds is 4. The molecule has 0 aliphatic carbocycles. The van der Waals surface area contributed by atoms with Crippen molar-refractivity contribution in [3.63, 3.8) is 0 Å². The summed E-state index contributed by atoms with van der Waals surface area (Å²) in [5.41, 5.74) is 1.13. The van der Waals surface area contributed by atoms with E-state index < -0.39 is 0 Å². The van der Waals surface area contributed by atoms with Crippen molar-refractivity contribution >= 4 is 11.6 Å². The number of amides is 1. The SMILES string of the molecule is CCOc1ccc2nc(C(=O)N3CCC(N4CCCCC4)CC3)cn2n1. The van der Waals surface area contributed by atoms with E-state index in [1.165, 1.54) is 32.4 Å². The van der Waals surface area contributed by atoms with Gasteiger partial charge in [-0.1, -0.05) is 6.42 Å². The summed E-state index contributed by atoms with van der Waals surface area (Å²) in [5, 5.41) is 4.34. The minimum Gasteiger partial charge on any atom is -0.477 e. The molecular weight excluding hydrogens is 330 g/mol. The number of imidazole rings is 1. The topological polar surface area (TPSA) is 63.0 Å². The Morgan fingerprint density at radius 2 is 1.92 bits per heavy atom. The molecule has 0 radical (unpaired) electrons. The molecule has 0 bridgehead atoms. The first-order valence-electron chi connectivity index (χ1n) is 9.77. The lowest BCUT2D eigenvalue weighted by Gasteiger charge is -2.40. The molecule has 1 amide bonds. The normalized spacial score (nSPS) is 19.8. The lowest BCUT2D eigenvalue weighted by Crippen LogP contribution is -2.48. The highest BCUT2D eigenvalue weighted by atomic mass is 16.5. The van der Waals surface area contributed by atoms with Gasteiger partial charge >= 0.3 is 0 Å². The van der Waals surface area contributed by atoms with Crippen LogP contribution in [0.15, 0.2) is 18.3 Å². The van der Waals surface area contributed by atoms with Crippen LogP contribution in [0.2, 0.25) is 0 Å². The quantitative estimate of drug-likeness (QED) is 0.840. The van der Waals surface area contributed by atoms with E-state index in [1.807, 2.05) is 17.9 Å². The summed E-state index contributed by atoms with van der Waals surface area (Å²) in [7, 11) is 0. The van der Waals surface area contributed by atoms with E-state index in [4.69, 9.17) is 4.74 Å². The number of ether oxygens (including phenoxy) is 1. The second-order valence-electron chi connectivity index (χ2n) is 7.15. The van der Waals surface area contributed by atoms with Gasteiger partial charge in [-0.25, -0.2) is 9.50 Å². The van der Waals surface area contributed by atoms with Crippen LogP contribution in [0.5, 0.6) is 5.88 Å². The number of carbonyl (C=O) groups is 1. The predicted molar refractivity (Wildman–Crippen MR) is 98.5 cm³/mol. The summed E-state index contributed by atoms with van der Waals surface area (Å²) in [6.45, 7) is 6.54. The number of carbonyl (C=O) groups excluding carboxylic acids is 1. The summed E-state index contributed by atoms with van der Waals surface area (Å²) in [4.78, 5) is 21.8. The lowest BCUT2D eigenvalue weighted by atomic mass is 10.00. The Labute approximate surface area is 153 Å². The van der Waals surface area contributed by atoms with Crippen molar-refractivity contribution < 1.29 is 9.53 Å². The average molecular weight is 357 g/mol. The molecule has 0 saturated carbocycles. The van der Waals surface area contributed by atoms with E-state index in [-0.39, 0.29) is 5.91 Å². The van der Waals surface area contributed by atoms with Crippen molar-refractivity contribution in [2.24, 2.45) is 0 Å². The van der Waals surface area contributed by atoms with Crippen LogP contribution >= 0.6 is 0 Å². The van der Waals surface area contributed by atoms with E-state index in [0.29, 0.717) is 29.9 Å². The number of hydrogen-bond donors (Lipinski definition) is 0. The smallest absolute Gasteiger partial charge is 0.274 e. The third-order valence-corrected chi connectivity index (χ3v) is 5.47. The number of aromatic nitrogens is 3. The van der Waals surface area contributed by atoms with Gasteiger partial charge in [0.2, 0.25) is 5.88 Å². The average Bonchev–Trinajstić information content (AvgIpc) is 3.12. The fourth-order valence-electron chi connectivity index (χ4n) is 4.07. The third kappa shape index (κ3) is 3.53. The lowest BCUT2D eigenvalue weighted by molar-refractivity contribution is 0.0585. The van der Waals surface area contributed by atoms with Crippen molar-refractivity contribution in [1.82, 2.24) is 24.4 Å². The summed E-state index contributed by atoms with van der Waals surface area (Å²) in [5.74, 6) is 0.546. The molecule has 4 rings (SSSR count). The van der Waals surface area contributed by atoms with Gasteiger partial charge in [0.05, 0.1) is 12.8 Å². The molecule has 2 aliphatic rings. The molecule has 2 aromatic rings. The molecule has 7 heteroatoms. The Morgan fingerprint density at radius 3 is 2.65 bits per heavy atom. The fourth-order valence-corrected chi connectivity index (χ4v) is 4.07. The van der Waals surface area contributed by atoms with E-state index in [2.05, 4.69) is 15.0 Å². The molecule has 2 saturated heterocycles. The minimum atomic E-state index is 0.00514. The molecule has 4 heterocycles. The van der Waals surface area contributed by atoms with Crippen LogP contribution in [0.3, 0.4) is 0 Å². The summed E-state index contributed by atoms with van der Waals surface area (Å²) >= 11 is 0. The zero-order valence-electron chi connectivity index (χ0n) is 15.4. The number of likely N-dealkylation sites (tertiary alicyclic amines) is 2. The van der Waals surface area contributed by atoms with E-state index in [9.17, 15) is 4.79 Å². The van der Waals surface area contributed by atoms with Crippen LogP contribution in [0.4, 0.5) is 0 Å². The summed E-state index contributed by atoms with van der Waals surface area (Å²) in [6, 6.07) is 4.25. The van der Waals surface area contributed by atoms with Crippen molar-refractivity contribution in [2.45, 2.75) is 45.1 Å². The van der Waals surface area contributed by atoms with E-state index in [0.717, 1.165) is 25.9 Å². The van der Waals surface area contributed by atoms with Gasteiger partial charge in [-0.3, -0.25) is 4.79 Å². The third-order valence-electron chi connectivity index (χ3n) is 5.47. The number of hydrogen-bond acceptors (Lipinski definition) is 5. The van der Waals surface area contributed by atoms with E-state index >= 15 is 0 Å². The van der Waals surface area contributed by atoms with Crippen LogP contribution < -0.4 is 4.74 Å². The van der Waals surface area contributed by atoms with Crippen LogP contribution in [-0.4, -0.2) is 69.1 Å². The number of piperidine rings is 2. The van der Waals surface area contributed by atoms with Gasteiger partial charge < -0.3 is 14.5 Å². The first kappa shape index (κ1) is 17.3.